The summed E-state index contributed by atoms with van der Waals surface area (Å²) in [5.41, 5.74) is -0.145. The molecule has 1 N–H and O–H groups in total. The lowest BCUT2D eigenvalue weighted by Crippen LogP contribution is -2.41. The molecule has 1 aromatic heterocycles. The van der Waals surface area contributed by atoms with Crippen LogP contribution in [0.2, 0.25) is 0 Å². The smallest absolute Gasteiger partial charge is 0.328 e. The van der Waals surface area contributed by atoms with E-state index < -0.39 is 23.5 Å². The van der Waals surface area contributed by atoms with Gasteiger partial charge < -0.3 is 14.8 Å². The van der Waals surface area contributed by atoms with Crippen LogP contribution >= 0.6 is 0 Å². The fraction of sp³-hybridized carbons (Fsp3) is 0.556. The van der Waals surface area contributed by atoms with Crippen LogP contribution in [0.25, 0.3) is 0 Å². The predicted octanol–water partition coefficient (Wildman–Crippen LogP) is 2.26. The molecule has 0 bridgehead atoms. The first kappa shape index (κ1) is 20.6. The van der Waals surface area contributed by atoms with Gasteiger partial charge in [-0.25, -0.2) is 4.79 Å². The van der Waals surface area contributed by atoms with Crippen molar-refractivity contribution in [1.29, 1.82) is 0 Å². The summed E-state index contributed by atoms with van der Waals surface area (Å²) < 4.78 is 9.96. The summed E-state index contributed by atoms with van der Waals surface area (Å²) in [7, 11) is 1.27. The van der Waals surface area contributed by atoms with Gasteiger partial charge in [0.2, 0.25) is 0 Å². The zero-order valence-corrected chi connectivity index (χ0v) is 15.2. The predicted molar refractivity (Wildman–Crippen MR) is 91.8 cm³/mol. The number of rotatable bonds is 8. The van der Waals surface area contributed by atoms with Gasteiger partial charge in [0, 0.05) is 18.8 Å². The quantitative estimate of drug-likeness (QED) is 0.571. The number of nitrogens with one attached hydrogen (secondary N) is 1. The number of ether oxygens (including phenoxy) is 2. The molecule has 0 aliphatic rings. The van der Waals surface area contributed by atoms with Crippen molar-refractivity contribution in [3.63, 3.8) is 0 Å². The van der Waals surface area contributed by atoms with Gasteiger partial charge in [-0.15, -0.1) is 0 Å². The molecule has 138 valence electrons. The van der Waals surface area contributed by atoms with Gasteiger partial charge in [0.15, 0.2) is 0 Å². The first-order valence-corrected chi connectivity index (χ1v) is 8.23. The normalized spacial score (nSPS) is 12.2. The molecule has 1 amide bonds. The Morgan fingerprint density at radius 2 is 1.96 bits per heavy atom. The van der Waals surface area contributed by atoms with Crippen LogP contribution in [0.4, 0.5) is 0 Å². The number of carbonyl (C=O) groups excluding carboxylic acids is 3. The molecule has 0 aromatic carbocycles. The molecule has 0 radical (unpaired) electrons. The van der Waals surface area contributed by atoms with E-state index in [0.29, 0.717) is 24.8 Å². The van der Waals surface area contributed by atoms with E-state index in [9.17, 15) is 14.4 Å². The number of esters is 2. The Morgan fingerprint density at radius 3 is 2.52 bits per heavy atom. The van der Waals surface area contributed by atoms with Crippen LogP contribution in [-0.4, -0.2) is 41.6 Å². The average molecular weight is 350 g/mol. The third-order valence-corrected chi connectivity index (χ3v) is 3.26. The van der Waals surface area contributed by atoms with Gasteiger partial charge in [0.1, 0.15) is 11.6 Å². The molecule has 1 heterocycles. The van der Waals surface area contributed by atoms with Gasteiger partial charge >= 0.3 is 11.9 Å². The molecule has 1 atom stereocenters. The van der Waals surface area contributed by atoms with E-state index in [4.69, 9.17) is 9.47 Å². The molecule has 7 heteroatoms. The molecular weight excluding hydrogens is 324 g/mol. The second-order valence-corrected chi connectivity index (χ2v) is 6.62. The first-order valence-electron chi connectivity index (χ1n) is 8.23. The minimum absolute atomic E-state index is 0.266. The number of unbranched alkanes of at least 4 members (excludes halogenated alkanes) is 1. The number of hydrogen-bond donors (Lipinski definition) is 1. The number of hydrogen-bond acceptors (Lipinski definition) is 6. The van der Waals surface area contributed by atoms with Crippen molar-refractivity contribution in [1.82, 2.24) is 10.3 Å². The second-order valence-electron chi connectivity index (χ2n) is 6.62. The van der Waals surface area contributed by atoms with Gasteiger partial charge in [-0.2, -0.15) is 0 Å². The Labute approximate surface area is 148 Å². The maximum atomic E-state index is 12.1. The Morgan fingerprint density at radius 1 is 1.24 bits per heavy atom. The van der Waals surface area contributed by atoms with Crippen molar-refractivity contribution in [2.75, 3.05) is 7.11 Å². The number of nitrogens with zero attached hydrogens (tertiary/aromatic N) is 1. The third-order valence-electron chi connectivity index (χ3n) is 3.26. The summed E-state index contributed by atoms with van der Waals surface area (Å²) in [4.78, 5) is 39.5. The number of aromatic nitrogens is 1. The molecular formula is C18H26N2O5. The second kappa shape index (κ2) is 9.76. The Hall–Kier alpha value is -2.44. The highest BCUT2D eigenvalue weighted by atomic mass is 16.6. The Kier molecular flexibility index (Phi) is 8.04. The van der Waals surface area contributed by atoms with Crippen molar-refractivity contribution in [2.24, 2.45) is 0 Å². The highest BCUT2D eigenvalue weighted by Gasteiger charge is 2.22. The largest absolute Gasteiger partial charge is 0.467 e. The molecule has 0 spiro atoms. The summed E-state index contributed by atoms with van der Waals surface area (Å²) in [5, 5.41) is 2.64. The SMILES string of the molecule is COC(=O)C(CCCCC(=O)OC(C)(C)C)NC(=O)c1cccnc1. The van der Waals surface area contributed by atoms with Gasteiger partial charge in [0.25, 0.3) is 5.91 Å². The van der Waals surface area contributed by atoms with Crippen LogP contribution in [0.5, 0.6) is 0 Å². The van der Waals surface area contributed by atoms with Crippen molar-refractivity contribution in [2.45, 2.75) is 58.1 Å². The van der Waals surface area contributed by atoms with E-state index in [1.54, 1.807) is 18.3 Å². The van der Waals surface area contributed by atoms with Crippen LogP contribution < -0.4 is 5.32 Å². The number of methoxy groups -OCH3 is 1. The van der Waals surface area contributed by atoms with Crippen molar-refractivity contribution in [3.8, 4) is 0 Å². The molecule has 1 unspecified atom stereocenters. The summed E-state index contributed by atoms with van der Waals surface area (Å²) >= 11 is 0. The van der Waals surface area contributed by atoms with E-state index >= 15 is 0 Å². The fourth-order valence-corrected chi connectivity index (χ4v) is 2.14. The first-order chi connectivity index (χ1) is 11.7. The van der Waals surface area contributed by atoms with Crippen LogP contribution in [0, 0.1) is 0 Å². The van der Waals surface area contributed by atoms with Crippen molar-refractivity contribution < 1.29 is 23.9 Å². The van der Waals surface area contributed by atoms with Gasteiger partial charge in [-0.1, -0.05) is 6.42 Å². The maximum absolute atomic E-state index is 12.1. The molecule has 0 fully saturated rings. The van der Waals surface area contributed by atoms with Crippen LogP contribution in [0.1, 0.15) is 56.8 Å². The number of carbonyl (C=O) groups is 3. The molecule has 1 aromatic rings. The van der Waals surface area contributed by atoms with E-state index in [1.807, 2.05) is 20.8 Å². The zero-order valence-electron chi connectivity index (χ0n) is 15.2. The van der Waals surface area contributed by atoms with E-state index in [0.717, 1.165) is 0 Å². The minimum Gasteiger partial charge on any atom is -0.467 e. The Bertz CT molecular complexity index is 581. The molecule has 25 heavy (non-hydrogen) atoms. The van der Waals surface area contributed by atoms with Crippen LogP contribution in [0.3, 0.4) is 0 Å². The van der Waals surface area contributed by atoms with E-state index in [-0.39, 0.29) is 12.4 Å². The molecule has 7 nitrogen and oxygen atoms in total. The van der Waals surface area contributed by atoms with E-state index in [1.165, 1.54) is 13.3 Å². The van der Waals surface area contributed by atoms with Gasteiger partial charge in [-0.3, -0.25) is 14.6 Å². The van der Waals surface area contributed by atoms with Crippen LogP contribution in [-0.2, 0) is 19.1 Å². The highest BCUT2D eigenvalue weighted by Crippen LogP contribution is 2.12. The molecule has 0 aliphatic heterocycles. The summed E-state index contributed by atoms with van der Waals surface area (Å²) in [6.45, 7) is 5.43. The van der Waals surface area contributed by atoms with E-state index in [2.05, 4.69) is 10.3 Å². The lowest BCUT2D eigenvalue weighted by atomic mass is 10.1. The summed E-state index contributed by atoms with van der Waals surface area (Å²) in [6, 6.07) is 2.48. The number of amides is 1. The third kappa shape index (κ3) is 8.28. The van der Waals surface area contributed by atoms with Crippen LogP contribution in [0.15, 0.2) is 24.5 Å². The van der Waals surface area contributed by atoms with Crippen molar-refractivity contribution >= 4 is 17.8 Å². The summed E-state index contributed by atoms with van der Waals surface area (Å²) in [6.07, 6.45) is 4.76. The molecule has 0 saturated carbocycles. The molecule has 0 aliphatic carbocycles. The molecule has 0 saturated heterocycles. The Balaban J connectivity index is 2.48. The fourth-order valence-electron chi connectivity index (χ4n) is 2.14. The topological polar surface area (TPSA) is 94.6 Å². The van der Waals surface area contributed by atoms with Gasteiger partial charge in [-0.05, 0) is 45.7 Å². The van der Waals surface area contributed by atoms with Gasteiger partial charge in [0.05, 0.1) is 12.7 Å². The summed E-state index contributed by atoms with van der Waals surface area (Å²) in [5.74, 6) is -1.19. The average Bonchev–Trinajstić information content (AvgIpc) is 2.55. The number of pyridine rings is 1. The van der Waals surface area contributed by atoms with Crippen molar-refractivity contribution in [3.05, 3.63) is 30.1 Å². The minimum atomic E-state index is -0.767. The highest BCUT2D eigenvalue weighted by molar-refractivity contribution is 5.96. The lowest BCUT2D eigenvalue weighted by molar-refractivity contribution is -0.154. The monoisotopic (exact) mass is 350 g/mol. The molecule has 1 rings (SSSR count). The standard InChI is InChI=1S/C18H26N2O5/c1-18(2,3)25-15(21)10-6-5-9-14(17(23)24-4)20-16(22)13-8-7-11-19-12-13/h7-8,11-12,14H,5-6,9-10H2,1-4H3,(H,20,22). The zero-order chi connectivity index (χ0) is 18.9. The maximum Gasteiger partial charge on any atom is 0.328 e. The lowest BCUT2D eigenvalue weighted by Gasteiger charge is -2.19.